The van der Waals surface area contributed by atoms with Crippen molar-refractivity contribution in [2.75, 3.05) is 0 Å². The van der Waals surface area contributed by atoms with Crippen molar-refractivity contribution in [2.24, 2.45) is 0 Å². The standard InChI is InChI=1S/C14H9Cl2FO/c15-10-5-3-6-11(16)14(10)13(18)8-9-4-1-2-7-12(9)17/h1-7H,8H2. The van der Waals surface area contributed by atoms with Crippen molar-refractivity contribution >= 4 is 29.0 Å². The summed E-state index contributed by atoms with van der Waals surface area (Å²) in [6.07, 6.45) is -0.0594. The summed E-state index contributed by atoms with van der Waals surface area (Å²) in [5.74, 6) is -0.704. The Bertz CT molecular complexity index is 576. The van der Waals surface area contributed by atoms with Crippen molar-refractivity contribution in [2.45, 2.75) is 6.42 Å². The van der Waals surface area contributed by atoms with E-state index in [0.29, 0.717) is 5.56 Å². The van der Waals surface area contributed by atoms with Gasteiger partial charge in [0.25, 0.3) is 0 Å². The summed E-state index contributed by atoms with van der Waals surface area (Å²) in [6, 6.07) is 11.0. The Hall–Kier alpha value is -1.38. The number of ketones is 1. The van der Waals surface area contributed by atoms with Gasteiger partial charge in [-0.05, 0) is 23.8 Å². The van der Waals surface area contributed by atoms with Gasteiger partial charge in [-0.2, -0.15) is 0 Å². The third-order valence-electron chi connectivity index (χ3n) is 2.55. The Morgan fingerprint density at radius 1 is 1.00 bits per heavy atom. The molecule has 2 rings (SSSR count). The van der Waals surface area contributed by atoms with E-state index in [-0.39, 0.29) is 27.8 Å². The van der Waals surface area contributed by atoms with Gasteiger partial charge in [-0.3, -0.25) is 4.79 Å². The predicted octanol–water partition coefficient (Wildman–Crippen LogP) is 4.56. The first-order chi connectivity index (χ1) is 8.59. The number of rotatable bonds is 3. The van der Waals surface area contributed by atoms with E-state index >= 15 is 0 Å². The first-order valence-corrected chi connectivity index (χ1v) is 6.06. The minimum atomic E-state index is -0.408. The van der Waals surface area contributed by atoms with Crippen LogP contribution in [0.3, 0.4) is 0 Å². The van der Waals surface area contributed by atoms with E-state index in [1.807, 2.05) is 0 Å². The van der Waals surface area contributed by atoms with E-state index in [9.17, 15) is 9.18 Å². The maximum Gasteiger partial charge on any atom is 0.170 e. The highest BCUT2D eigenvalue weighted by Crippen LogP contribution is 2.26. The van der Waals surface area contributed by atoms with Gasteiger partial charge in [-0.15, -0.1) is 0 Å². The molecule has 0 unspecified atom stereocenters. The molecule has 0 bridgehead atoms. The van der Waals surface area contributed by atoms with Gasteiger partial charge in [-0.1, -0.05) is 47.5 Å². The summed E-state index contributed by atoms with van der Waals surface area (Å²) in [5, 5.41) is 0.563. The molecule has 2 aromatic carbocycles. The van der Waals surface area contributed by atoms with Gasteiger partial charge in [-0.25, -0.2) is 4.39 Å². The molecule has 0 aliphatic heterocycles. The van der Waals surface area contributed by atoms with Crippen molar-refractivity contribution in [3.63, 3.8) is 0 Å². The molecule has 0 saturated carbocycles. The fourth-order valence-corrected chi connectivity index (χ4v) is 2.28. The van der Waals surface area contributed by atoms with Gasteiger partial charge in [0, 0.05) is 6.42 Å². The molecule has 0 aliphatic rings. The summed E-state index contributed by atoms with van der Waals surface area (Å²) < 4.78 is 13.4. The second-order valence-electron chi connectivity index (χ2n) is 3.79. The zero-order chi connectivity index (χ0) is 13.1. The predicted molar refractivity (Wildman–Crippen MR) is 70.9 cm³/mol. The highest BCUT2D eigenvalue weighted by atomic mass is 35.5. The van der Waals surface area contributed by atoms with Crippen molar-refractivity contribution in [1.82, 2.24) is 0 Å². The van der Waals surface area contributed by atoms with E-state index in [1.165, 1.54) is 6.07 Å². The SMILES string of the molecule is O=C(Cc1ccccc1F)c1c(Cl)cccc1Cl. The second-order valence-corrected chi connectivity index (χ2v) is 4.60. The molecule has 92 valence electrons. The number of benzene rings is 2. The molecule has 0 atom stereocenters. The lowest BCUT2D eigenvalue weighted by Gasteiger charge is -2.06. The number of carbonyl (C=O) groups is 1. The van der Waals surface area contributed by atoms with Gasteiger partial charge in [0.15, 0.2) is 5.78 Å². The molecule has 2 aromatic rings. The molecule has 0 fully saturated rings. The van der Waals surface area contributed by atoms with Gasteiger partial charge >= 0.3 is 0 Å². The fourth-order valence-electron chi connectivity index (χ4n) is 1.67. The van der Waals surface area contributed by atoms with Gasteiger partial charge < -0.3 is 0 Å². The van der Waals surface area contributed by atoms with Crippen LogP contribution in [0.2, 0.25) is 10.0 Å². The average Bonchev–Trinajstić information content (AvgIpc) is 2.32. The molecule has 18 heavy (non-hydrogen) atoms. The molecule has 0 aromatic heterocycles. The third kappa shape index (κ3) is 2.71. The quantitative estimate of drug-likeness (QED) is 0.755. The van der Waals surface area contributed by atoms with Crippen LogP contribution in [0.1, 0.15) is 15.9 Å². The van der Waals surface area contributed by atoms with Crippen LogP contribution in [0, 0.1) is 5.82 Å². The largest absolute Gasteiger partial charge is 0.294 e. The lowest BCUT2D eigenvalue weighted by molar-refractivity contribution is 0.0992. The third-order valence-corrected chi connectivity index (χ3v) is 3.18. The van der Waals surface area contributed by atoms with Crippen LogP contribution in [0.5, 0.6) is 0 Å². The van der Waals surface area contributed by atoms with Crippen LogP contribution in [0.4, 0.5) is 4.39 Å². The number of halogens is 3. The smallest absolute Gasteiger partial charge is 0.170 e. The van der Waals surface area contributed by atoms with Crippen molar-refractivity contribution < 1.29 is 9.18 Å². The molecule has 0 radical (unpaired) electrons. The molecular weight excluding hydrogens is 274 g/mol. The summed E-state index contributed by atoms with van der Waals surface area (Å²) in [7, 11) is 0. The van der Waals surface area contributed by atoms with Gasteiger partial charge in [0.05, 0.1) is 15.6 Å². The van der Waals surface area contributed by atoms with E-state index in [4.69, 9.17) is 23.2 Å². The number of hydrogen-bond acceptors (Lipinski definition) is 1. The average molecular weight is 283 g/mol. The molecule has 0 N–H and O–H groups in total. The molecule has 0 heterocycles. The Morgan fingerprint density at radius 3 is 2.22 bits per heavy atom. The van der Waals surface area contributed by atoms with Gasteiger partial charge in [0.1, 0.15) is 5.82 Å². The van der Waals surface area contributed by atoms with E-state index in [0.717, 1.165) is 0 Å². The lowest BCUT2D eigenvalue weighted by atomic mass is 10.0. The second kappa shape index (κ2) is 5.51. The highest BCUT2D eigenvalue weighted by Gasteiger charge is 2.16. The van der Waals surface area contributed by atoms with E-state index in [2.05, 4.69) is 0 Å². The molecular formula is C14H9Cl2FO. The first kappa shape index (κ1) is 13.1. The minimum Gasteiger partial charge on any atom is -0.294 e. The summed E-state index contributed by atoms with van der Waals surface area (Å²) in [4.78, 5) is 12.1. The van der Waals surface area contributed by atoms with Gasteiger partial charge in [0.2, 0.25) is 0 Å². The molecule has 0 saturated heterocycles. The Kier molecular flexibility index (Phi) is 4.00. The van der Waals surface area contributed by atoms with Crippen LogP contribution < -0.4 is 0 Å². The molecule has 1 nitrogen and oxygen atoms in total. The van der Waals surface area contributed by atoms with Crippen LogP contribution in [0.25, 0.3) is 0 Å². The Labute approximate surface area is 114 Å². The maximum atomic E-state index is 13.4. The molecule has 0 spiro atoms. The summed E-state index contributed by atoms with van der Waals surface area (Å²) in [6.45, 7) is 0. The van der Waals surface area contributed by atoms with Crippen LogP contribution in [-0.4, -0.2) is 5.78 Å². The fraction of sp³-hybridized carbons (Fsp3) is 0.0714. The minimum absolute atomic E-state index is 0.0594. The highest BCUT2D eigenvalue weighted by molar-refractivity contribution is 6.39. The first-order valence-electron chi connectivity index (χ1n) is 5.30. The Morgan fingerprint density at radius 2 is 1.61 bits per heavy atom. The zero-order valence-electron chi connectivity index (χ0n) is 9.29. The van der Waals surface area contributed by atoms with E-state index < -0.39 is 5.82 Å². The summed E-state index contributed by atoms with van der Waals surface area (Å²) >= 11 is 11.9. The Balaban J connectivity index is 2.31. The van der Waals surface area contributed by atoms with E-state index in [1.54, 1.807) is 36.4 Å². The normalized spacial score (nSPS) is 10.4. The molecule has 4 heteroatoms. The van der Waals surface area contributed by atoms with Crippen LogP contribution in [0.15, 0.2) is 42.5 Å². The zero-order valence-corrected chi connectivity index (χ0v) is 10.8. The summed E-state index contributed by atoms with van der Waals surface area (Å²) in [5.41, 5.74) is 0.572. The lowest BCUT2D eigenvalue weighted by Crippen LogP contribution is -2.06. The molecule has 0 amide bonds. The number of carbonyl (C=O) groups excluding carboxylic acids is 1. The number of Topliss-reactive ketones (excluding diaryl/α,β-unsaturated/α-hetero) is 1. The topological polar surface area (TPSA) is 17.1 Å². The molecule has 0 aliphatic carbocycles. The van der Waals surface area contributed by atoms with Crippen molar-refractivity contribution in [3.8, 4) is 0 Å². The maximum absolute atomic E-state index is 13.4. The monoisotopic (exact) mass is 282 g/mol. The van der Waals surface area contributed by atoms with Crippen LogP contribution >= 0.6 is 23.2 Å². The van der Waals surface area contributed by atoms with Crippen molar-refractivity contribution in [3.05, 3.63) is 69.5 Å². The van der Waals surface area contributed by atoms with Crippen molar-refractivity contribution in [1.29, 1.82) is 0 Å². The number of hydrogen-bond donors (Lipinski definition) is 0. The van der Waals surface area contributed by atoms with Crippen LogP contribution in [-0.2, 0) is 6.42 Å².